The maximum atomic E-state index is 6.01. The van der Waals surface area contributed by atoms with Crippen molar-refractivity contribution in [2.75, 3.05) is 32.7 Å². The van der Waals surface area contributed by atoms with E-state index in [-0.39, 0.29) is 5.95 Å². The molecule has 3 aromatic rings. The van der Waals surface area contributed by atoms with Crippen LogP contribution in [0, 0.1) is 13.8 Å². The van der Waals surface area contributed by atoms with Gasteiger partial charge in [0.1, 0.15) is 10.8 Å². The molecule has 3 aromatic heterocycles. The van der Waals surface area contributed by atoms with Crippen molar-refractivity contribution >= 4 is 28.7 Å². The molecule has 2 N–H and O–H groups in total. The van der Waals surface area contributed by atoms with Crippen LogP contribution in [0.25, 0.3) is 11.0 Å². The number of anilines is 1. The summed E-state index contributed by atoms with van der Waals surface area (Å²) >= 11 is 1.72. The molecule has 0 bridgehead atoms. The molecule has 0 fully saturated rings. The summed E-state index contributed by atoms with van der Waals surface area (Å²) in [5, 5.41) is 6.84. The van der Waals surface area contributed by atoms with E-state index in [1.165, 1.54) is 0 Å². The van der Waals surface area contributed by atoms with Crippen molar-refractivity contribution in [2.24, 2.45) is 0 Å². The normalized spacial score (nSPS) is 16.6. The molecule has 0 amide bonds. The summed E-state index contributed by atoms with van der Waals surface area (Å²) in [6.45, 7) is 4.53. The first-order valence-electron chi connectivity index (χ1n) is 9.20. The quantitative estimate of drug-likeness (QED) is 0.666. The number of hydrogen-bond acceptors (Lipinski definition) is 8. The number of ether oxygens (including phenoxy) is 1. The third-order valence-electron chi connectivity index (χ3n) is 5.27. The molecule has 0 radical (unpaired) electrons. The molecule has 0 saturated heterocycles. The average molecular weight is 400 g/mol. The second kappa shape index (κ2) is 7.21. The zero-order valence-corrected chi connectivity index (χ0v) is 17.7. The van der Waals surface area contributed by atoms with Crippen LogP contribution in [0.15, 0.2) is 11.2 Å². The number of hydrogen-bond donors (Lipinski definition) is 1. The van der Waals surface area contributed by atoms with E-state index < -0.39 is 0 Å². The van der Waals surface area contributed by atoms with E-state index in [1.807, 2.05) is 24.7 Å². The van der Waals surface area contributed by atoms with Crippen LogP contribution in [0.5, 0.6) is 5.75 Å². The SMILES string of the molecule is COc1c(C)cnc(Cn2nc3c4c(nc(N)nc42)SCC(N(C)C)C3)c1C. The molecule has 1 unspecified atom stereocenters. The smallest absolute Gasteiger partial charge is 0.223 e. The predicted molar refractivity (Wildman–Crippen MR) is 111 cm³/mol. The Morgan fingerprint density at radius 3 is 2.82 bits per heavy atom. The molecule has 9 heteroatoms. The van der Waals surface area contributed by atoms with Crippen LogP contribution in [0.3, 0.4) is 0 Å². The van der Waals surface area contributed by atoms with E-state index in [2.05, 4.69) is 33.9 Å². The fraction of sp³-hybridized carbons (Fsp3) is 0.474. The minimum atomic E-state index is 0.275. The monoisotopic (exact) mass is 399 g/mol. The number of methoxy groups -OCH3 is 1. The Labute approximate surface area is 168 Å². The van der Waals surface area contributed by atoms with E-state index in [0.717, 1.165) is 56.5 Å². The Bertz CT molecular complexity index is 1050. The van der Waals surface area contributed by atoms with E-state index in [4.69, 9.17) is 15.6 Å². The van der Waals surface area contributed by atoms with Crippen molar-refractivity contribution in [3.05, 3.63) is 28.7 Å². The van der Waals surface area contributed by atoms with Crippen LogP contribution in [0.4, 0.5) is 5.95 Å². The van der Waals surface area contributed by atoms with Crippen molar-refractivity contribution < 1.29 is 4.74 Å². The highest BCUT2D eigenvalue weighted by Crippen LogP contribution is 2.34. The van der Waals surface area contributed by atoms with Gasteiger partial charge in [-0.3, -0.25) is 4.98 Å². The van der Waals surface area contributed by atoms with Crippen LogP contribution < -0.4 is 10.5 Å². The third kappa shape index (κ3) is 3.18. The van der Waals surface area contributed by atoms with Gasteiger partial charge in [-0.25, -0.2) is 9.67 Å². The van der Waals surface area contributed by atoms with E-state index >= 15 is 0 Å². The number of aryl methyl sites for hydroxylation is 1. The van der Waals surface area contributed by atoms with Gasteiger partial charge in [0.15, 0.2) is 5.65 Å². The number of rotatable bonds is 4. The largest absolute Gasteiger partial charge is 0.496 e. The first kappa shape index (κ1) is 18.9. The molecule has 148 valence electrons. The lowest BCUT2D eigenvalue weighted by Gasteiger charge is -2.21. The molecule has 1 aliphatic heterocycles. The fourth-order valence-electron chi connectivity index (χ4n) is 3.65. The molecule has 1 atom stereocenters. The highest BCUT2D eigenvalue weighted by molar-refractivity contribution is 7.99. The van der Waals surface area contributed by atoms with Gasteiger partial charge in [-0.15, -0.1) is 11.8 Å². The van der Waals surface area contributed by atoms with Crippen molar-refractivity contribution in [2.45, 2.75) is 37.9 Å². The Kier molecular flexibility index (Phi) is 4.88. The highest BCUT2D eigenvalue weighted by atomic mass is 32.2. The van der Waals surface area contributed by atoms with Crippen molar-refractivity contribution in [3.63, 3.8) is 0 Å². The summed E-state index contributed by atoms with van der Waals surface area (Å²) < 4.78 is 7.45. The summed E-state index contributed by atoms with van der Waals surface area (Å²) in [5.74, 6) is 2.09. The van der Waals surface area contributed by atoms with Gasteiger partial charge in [0, 0.05) is 35.5 Å². The molecular formula is C19H25N7OS. The van der Waals surface area contributed by atoms with E-state index in [1.54, 1.807) is 18.9 Å². The Morgan fingerprint density at radius 2 is 2.11 bits per heavy atom. The number of pyridine rings is 1. The molecule has 0 spiro atoms. The van der Waals surface area contributed by atoms with Gasteiger partial charge in [-0.1, -0.05) is 0 Å². The van der Waals surface area contributed by atoms with E-state index in [9.17, 15) is 0 Å². The van der Waals surface area contributed by atoms with Crippen molar-refractivity contribution in [1.82, 2.24) is 29.6 Å². The molecular weight excluding hydrogens is 374 g/mol. The molecule has 8 nitrogen and oxygen atoms in total. The second-order valence-electron chi connectivity index (χ2n) is 7.37. The molecule has 0 saturated carbocycles. The summed E-state index contributed by atoms with van der Waals surface area (Å²) in [6, 6.07) is 0.381. The molecule has 0 aromatic carbocycles. The van der Waals surface area contributed by atoms with Gasteiger partial charge < -0.3 is 15.4 Å². The molecule has 1 aliphatic rings. The Hall–Kier alpha value is -2.39. The first-order valence-corrected chi connectivity index (χ1v) is 10.2. The first-order chi connectivity index (χ1) is 13.4. The minimum absolute atomic E-state index is 0.275. The minimum Gasteiger partial charge on any atom is -0.496 e. The van der Waals surface area contributed by atoms with Crippen LogP contribution in [0.2, 0.25) is 0 Å². The molecule has 4 heterocycles. The average Bonchev–Trinajstić information content (AvgIpc) is 2.86. The lowest BCUT2D eigenvalue weighted by atomic mass is 10.1. The predicted octanol–water partition coefficient (Wildman–Crippen LogP) is 2.06. The zero-order chi connectivity index (χ0) is 20.0. The van der Waals surface area contributed by atoms with Gasteiger partial charge in [0.2, 0.25) is 5.95 Å². The topological polar surface area (TPSA) is 95.0 Å². The highest BCUT2D eigenvalue weighted by Gasteiger charge is 2.27. The lowest BCUT2D eigenvalue weighted by molar-refractivity contribution is 0.315. The van der Waals surface area contributed by atoms with Crippen molar-refractivity contribution in [3.8, 4) is 5.75 Å². The maximum Gasteiger partial charge on any atom is 0.223 e. The van der Waals surface area contributed by atoms with Gasteiger partial charge in [-0.2, -0.15) is 10.1 Å². The standard InChI is InChI=1S/C19H25N7OS/c1-10-7-21-14(11(2)16(10)27-5)8-26-17-15-13(24-26)6-12(25(3)4)9-28-18(15)23-19(20)22-17/h7,12H,6,8-9H2,1-5H3,(H2,20,22,23). The van der Waals surface area contributed by atoms with E-state index in [0.29, 0.717) is 12.6 Å². The van der Waals surface area contributed by atoms with Crippen LogP contribution in [0.1, 0.15) is 22.5 Å². The summed E-state index contributed by atoms with van der Waals surface area (Å²) in [4.78, 5) is 15.9. The fourth-order valence-corrected chi connectivity index (χ4v) is 4.92. The Balaban J connectivity index is 1.83. The second-order valence-corrected chi connectivity index (χ2v) is 8.38. The third-order valence-corrected chi connectivity index (χ3v) is 6.39. The number of thioether (sulfide) groups is 1. The lowest BCUT2D eigenvalue weighted by Crippen LogP contribution is -2.32. The number of aromatic nitrogens is 5. The van der Waals surface area contributed by atoms with Crippen LogP contribution in [-0.4, -0.2) is 62.6 Å². The molecule has 28 heavy (non-hydrogen) atoms. The number of nitrogens with two attached hydrogens (primary N) is 1. The van der Waals surface area contributed by atoms with Gasteiger partial charge >= 0.3 is 0 Å². The zero-order valence-electron chi connectivity index (χ0n) is 16.9. The number of nitrogens with zero attached hydrogens (tertiary/aromatic N) is 6. The molecule has 0 aliphatic carbocycles. The van der Waals surface area contributed by atoms with Crippen LogP contribution in [-0.2, 0) is 13.0 Å². The maximum absolute atomic E-state index is 6.01. The van der Waals surface area contributed by atoms with Gasteiger partial charge in [0.25, 0.3) is 0 Å². The van der Waals surface area contributed by atoms with Crippen molar-refractivity contribution in [1.29, 1.82) is 0 Å². The number of likely N-dealkylation sites (N-methyl/N-ethyl adjacent to an activating group) is 1. The van der Waals surface area contributed by atoms with Crippen LogP contribution >= 0.6 is 11.8 Å². The number of nitrogen functional groups attached to an aromatic ring is 1. The van der Waals surface area contributed by atoms with Gasteiger partial charge in [-0.05, 0) is 27.9 Å². The Morgan fingerprint density at radius 1 is 1.32 bits per heavy atom. The van der Waals surface area contributed by atoms with Gasteiger partial charge in [0.05, 0.1) is 30.4 Å². The summed E-state index contributed by atoms with van der Waals surface area (Å²) in [7, 11) is 5.88. The summed E-state index contributed by atoms with van der Waals surface area (Å²) in [6.07, 6.45) is 2.69. The molecule has 4 rings (SSSR count). The summed E-state index contributed by atoms with van der Waals surface area (Å²) in [5.41, 5.74) is 10.7.